The lowest BCUT2D eigenvalue weighted by molar-refractivity contribution is 0.0697. The standard InChI is InChI=1S/C18H27N3O2/c1-13-8-10-21(11-9-13)18(23)14-6-7-17(19-12-14)20-15-4-2-3-5-16(15)22/h6-7,12-13,15-16,22H,2-5,8-11H2,1H3,(H,19,20)/t15-,16-/m0/s1. The van der Waals surface area contributed by atoms with Gasteiger partial charge in [0.2, 0.25) is 0 Å². The molecule has 1 amide bonds. The molecule has 0 radical (unpaired) electrons. The van der Waals surface area contributed by atoms with Crippen molar-refractivity contribution in [1.29, 1.82) is 0 Å². The minimum Gasteiger partial charge on any atom is -0.391 e. The van der Waals surface area contributed by atoms with Gasteiger partial charge in [0, 0.05) is 19.3 Å². The number of amides is 1. The molecule has 1 aromatic heterocycles. The number of nitrogens with zero attached hydrogens (tertiary/aromatic N) is 2. The second kappa shape index (κ2) is 7.30. The first-order chi connectivity index (χ1) is 11.1. The minimum absolute atomic E-state index is 0.0707. The van der Waals surface area contributed by atoms with Gasteiger partial charge in [-0.2, -0.15) is 0 Å². The maximum Gasteiger partial charge on any atom is 0.255 e. The Balaban J connectivity index is 1.59. The number of anilines is 1. The van der Waals surface area contributed by atoms with Gasteiger partial charge in [0.1, 0.15) is 5.82 Å². The van der Waals surface area contributed by atoms with E-state index in [9.17, 15) is 9.90 Å². The molecule has 1 aliphatic carbocycles. The fraction of sp³-hybridized carbons (Fsp3) is 0.667. The van der Waals surface area contributed by atoms with Crippen molar-refractivity contribution >= 4 is 11.7 Å². The maximum absolute atomic E-state index is 12.5. The first-order valence-corrected chi connectivity index (χ1v) is 8.83. The molecule has 1 aliphatic heterocycles. The van der Waals surface area contributed by atoms with Crippen molar-refractivity contribution in [1.82, 2.24) is 9.88 Å². The van der Waals surface area contributed by atoms with E-state index in [0.29, 0.717) is 11.5 Å². The normalized spacial score (nSPS) is 26.1. The fourth-order valence-electron chi connectivity index (χ4n) is 3.47. The average Bonchev–Trinajstić information content (AvgIpc) is 2.58. The lowest BCUT2D eigenvalue weighted by atomic mass is 9.92. The van der Waals surface area contributed by atoms with Crippen LogP contribution in [0.25, 0.3) is 0 Å². The van der Waals surface area contributed by atoms with E-state index < -0.39 is 0 Å². The Kier molecular flexibility index (Phi) is 5.16. The number of aliphatic hydroxyl groups excluding tert-OH is 1. The van der Waals surface area contributed by atoms with Crippen LogP contribution in [0.1, 0.15) is 55.8 Å². The number of aromatic nitrogens is 1. The van der Waals surface area contributed by atoms with E-state index in [2.05, 4.69) is 17.2 Å². The smallest absolute Gasteiger partial charge is 0.255 e. The van der Waals surface area contributed by atoms with Crippen LogP contribution >= 0.6 is 0 Å². The summed E-state index contributed by atoms with van der Waals surface area (Å²) >= 11 is 0. The predicted molar refractivity (Wildman–Crippen MR) is 90.4 cm³/mol. The second-order valence-corrected chi connectivity index (χ2v) is 7.01. The number of rotatable bonds is 3. The summed E-state index contributed by atoms with van der Waals surface area (Å²) in [6.07, 6.45) is 7.56. The van der Waals surface area contributed by atoms with E-state index in [1.165, 1.54) is 0 Å². The molecule has 2 atom stereocenters. The van der Waals surface area contributed by atoms with Crippen LogP contribution in [0, 0.1) is 5.92 Å². The van der Waals surface area contributed by atoms with Crippen LogP contribution in [0.2, 0.25) is 0 Å². The van der Waals surface area contributed by atoms with E-state index in [1.807, 2.05) is 17.0 Å². The van der Waals surface area contributed by atoms with Gasteiger partial charge in [0.25, 0.3) is 5.91 Å². The van der Waals surface area contributed by atoms with Crippen LogP contribution in [-0.4, -0.2) is 46.1 Å². The molecule has 23 heavy (non-hydrogen) atoms. The molecule has 2 aliphatic rings. The number of aliphatic hydroxyl groups is 1. The van der Waals surface area contributed by atoms with Gasteiger partial charge in [-0.3, -0.25) is 4.79 Å². The van der Waals surface area contributed by atoms with Gasteiger partial charge < -0.3 is 15.3 Å². The highest BCUT2D eigenvalue weighted by atomic mass is 16.3. The molecular formula is C18H27N3O2. The largest absolute Gasteiger partial charge is 0.391 e. The van der Waals surface area contributed by atoms with Crippen molar-refractivity contribution in [2.45, 2.75) is 57.6 Å². The summed E-state index contributed by atoms with van der Waals surface area (Å²) in [5.74, 6) is 1.53. The third-order valence-electron chi connectivity index (χ3n) is 5.14. The van der Waals surface area contributed by atoms with Crippen molar-refractivity contribution in [3.63, 3.8) is 0 Å². The molecule has 1 saturated carbocycles. The highest BCUT2D eigenvalue weighted by Crippen LogP contribution is 2.22. The average molecular weight is 317 g/mol. The zero-order valence-electron chi connectivity index (χ0n) is 13.9. The van der Waals surface area contributed by atoms with Gasteiger partial charge in [-0.15, -0.1) is 0 Å². The zero-order valence-corrected chi connectivity index (χ0v) is 13.9. The van der Waals surface area contributed by atoms with Crippen LogP contribution in [0.3, 0.4) is 0 Å². The van der Waals surface area contributed by atoms with Crippen molar-refractivity contribution in [3.05, 3.63) is 23.9 Å². The Morgan fingerprint density at radius 3 is 2.61 bits per heavy atom. The van der Waals surface area contributed by atoms with Crippen molar-refractivity contribution < 1.29 is 9.90 Å². The number of nitrogens with one attached hydrogen (secondary N) is 1. The summed E-state index contributed by atoms with van der Waals surface area (Å²) in [5, 5.41) is 13.3. The molecule has 2 N–H and O–H groups in total. The van der Waals surface area contributed by atoms with Crippen LogP contribution in [0.15, 0.2) is 18.3 Å². The molecule has 2 fully saturated rings. The monoisotopic (exact) mass is 317 g/mol. The summed E-state index contributed by atoms with van der Waals surface area (Å²) in [5.41, 5.74) is 0.647. The van der Waals surface area contributed by atoms with E-state index in [-0.39, 0.29) is 18.1 Å². The number of pyridine rings is 1. The third-order valence-corrected chi connectivity index (χ3v) is 5.14. The summed E-state index contributed by atoms with van der Waals surface area (Å²) < 4.78 is 0. The van der Waals surface area contributed by atoms with E-state index in [0.717, 1.165) is 57.4 Å². The Labute approximate surface area is 138 Å². The molecule has 5 nitrogen and oxygen atoms in total. The van der Waals surface area contributed by atoms with E-state index in [1.54, 1.807) is 6.20 Å². The molecular weight excluding hydrogens is 290 g/mol. The Morgan fingerprint density at radius 2 is 1.96 bits per heavy atom. The lowest BCUT2D eigenvalue weighted by Gasteiger charge is -2.30. The van der Waals surface area contributed by atoms with E-state index >= 15 is 0 Å². The fourth-order valence-corrected chi connectivity index (χ4v) is 3.47. The maximum atomic E-state index is 12.5. The van der Waals surface area contributed by atoms with Gasteiger partial charge in [-0.05, 0) is 43.7 Å². The number of hydrogen-bond donors (Lipinski definition) is 2. The molecule has 0 spiro atoms. The summed E-state index contributed by atoms with van der Waals surface area (Å²) in [6.45, 7) is 3.92. The lowest BCUT2D eigenvalue weighted by Crippen LogP contribution is -2.38. The van der Waals surface area contributed by atoms with Crippen LogP contribution in [-0.2, 0) is 0 Å². The van der Waals surface area contributed by atoms with E-state index in [4.69, 9.17) is 0 Å². The van der Waals surface area contributed by atoms with Crippen LogP contribution < -0.4 is 5.32 Å². The third kappa shape index (κ3) is 4.02. The minimum atomic E-state index is -0.304. The summed E-state index contributed by atoms with van der Waals surface area (Å²) in [7, 11) is 0. The van der Waals surface area contributed by atoms with Crippen molar-refractivity contribution in [2.75, 3.05) is 18.4 Å². The number of likely N-dealkylation sites (tertiary alicyclic amines) is 1. The molecule has 0 aromatic carbocycles. The number of piperidine rings is 1. The summed E-state index contributed by atoms with van der Waals surface area (Å²) in [6, 6.07) is 3.76. The highest BCUT2D eigenvalue weighted by Gasteiger charge is 2.24. The molecule has 1 aromatic rings. The molecule has 1 saturated heterocycles. The number of hydrogen-bond acceptors (Lipinski definition) is 4. The number of carbonyl (C=O) groups excluding carboxylic acids is 1. The molecule has 126 valence electrons. The molecule has 3 rings (SSSR count). The molecule has 0 bridgehead atoms. The van der Waals surface area contributed by atoms with Gasteiger partial charge >= 0.3 is 0 Å². The van der Waals surface area contributed by atoms with Crippen molar-refractivity contribution in [2.24, 2.45) is 5.92 Å². The van der Waals surface area contributed by atoms with Crippen LogP contribution in [0.5, 0.6) is 0 Å². The molecule has 5 heteroatoms. The Hall–Kier alpha value is -1.62. The SMILES string of the molecule is CC1CCN(C(=O)c2ccc(N[C@H]3CCCC[C@@H]3O)nc2)CC1. The first-order valence-electron chi connectivity index (χ1n) is 8.83. The number of carbonyl (C=O) groups is 1. The summed E-state index contributed by atoms with van der Waals surface area (Å²) in [4.78, 5) is 18.8. The zero-order chi connectivity index (χ0) is 16.2. The van der Waals surface area contributed by atoms with Crippen LogP contribution in [0.4, 0.5) is 5.82 Å². The van der Waals surface area contributed by atoms with Gasteiger partial charge in [-0.25, -0.2) is 4.98 Å². The highest BCUT2D eigenvalue weighted by molar-refractivity contribution is 5.94. The Morgan fingerprint density at radius 1 is 1.22 bits per heavy atom. The predicted octanol–water partition coefficient (Wildman–Crippen LogP) is 2.67. The molecule has 0 unspecified atom stereocenters. The van der Waals surface area contributed by atoms with Gasteiger partial charge in [-0.1, -0.05) is 19.8 Å². The Bertz CT molecular complexity index is 524. The second-order valence-electron chi connectivity index (χ2n) is 7.01. The quantitative estimate of drug-likeness (QED) is 0.899. The topological polar surface area (TPSA) is 65.5 Å². The van der Waals surface area contributed by atoms with Gasteiger partial charge in [0.15, 0.2) is 0 Å². The van der Waals surface area contributed by atoms with Crippen molar-refractivity contribution in [3.8, 4) is 0 Å². The first kappa shape index (κ1) is 16.2. The molecule has 2 heterocycles. The van der Waals surface area contributed by atoms with Gasteiger partial charge in [0.05, 0.1) is 17.7 Å².